The molecular weight excluding hydrogens is 294 g/mol. The summed E-state index contributed by atoms with van der Waals surface area (Å²) in [5.41, 5.74) is 0.176. The van der Waals surface area contributed by atoms with E-state index in [0.717, 1.165) is 62.8 Å². The third-order valence-electron chi connectivity index (χ3n) is 4.59. The number of aliphatic hydroxyl groups is 1. The van der Waals surface area contributed by atoms with Gasteiger partial charge in [-0.25, -0.2) is 4.98 Å². The predicted molar refractivity (Wildman–Crippen MR) is 93.1 cm³/mol. The first kappa shape index (κ1) is 17.9. The summed E-state index contributed by atoms with van der Waals surface area (Å²) in [6.07, 6.45) is 1.60. The van der Waals surface area contributed by atoms with E-state index in [4.69, 9.17) is 4.98 Å². The second-order valence-electron chi connectivity index (χ2n) is 6.81. The van der Waals surface area contributed by atoms with Gasteiger partial charge in [-0.1, -0.05) is 27.7 Å². The van der Waals surface area contributed by atoms with Gasteiger partial charge >= 0.3 is 0 Å². The molecule has 4 nitrogen and oxygen atoms in total. The molecule has 0 aliphatic carbocycles. The van der Waals surface area contributed by atoms with Gasteiger partial charge in [0.1, 0.15) is 10.6 Å². The third-order valence-corrected chi connectivity index (χ3v) is 5.42. The fourth-order valence-electron chi connectivity index (χ4n) is 3.11. The van der Waals surface area contributed by atoms with Crippen LogP contribution in [0, 0.1) is 5.92 Å². The van der Waals surface area contributed by atoms with Gasteiger partial charge in [-0.3, -0.25) is 4.90 Å². The summed E-state index contributed by atoms with van der Waals surface area (Å²) in [6, 6.07) is 0. The fourth-order valence-corrected chi connectivity index (χ4v) is 4.04. The lowest BCUT2D eigenvalue weighted by Gasteiger charge is -2.37. The Morgan fingerprint density at radius 3 is 2.50 bits per heavy atom. The van der Waals surface area contributed by atoms with Crippen molar-refractivity contribution >= 4 is 11.3 Å². The number of rotatable bonds is 7. The van der Waals surface area contributed by atoms with E-state index in [1.807, 2.05) is 0 Å². The van der Waals surface area contributed by atoms with Gasteiger partial charge in [0.05, 0.1) is 12.2 Å². The number of thiazole rings is 1. The first-order valence-electron chi connectivity index (χ1n) is 8.58. The highest BCUT2D eigenvalue weighted by Gasteiger charge is 2.36. The highest BCUT2D eigenvalue weighted by Crippen LogP contribution is 2.33. The van der Waals surface area contributed by atoms with Gasteiger partial charge in [-0.05, 0) is 31.8 Å². The zero-order valence-corrected chi connectivity index (χ0v) is 15.3. The fraction of sp³-hybridized carbons (Fsp3) is 0.824. The number of aromatic nitrogens is 1. The molecule has 2 rings (SSSR count). The monoisotopic (exact) mass is 325 g/mol. The van der Waals surface area contributed by atoms with Crippen LogP contribution in [0.4, 0.5) is 0 Å². The van der Waals surface area contributed by atoms with E-state index in [1.54, 1.807) is 11.3 Å². The van der Waals surface area contributed by atoms with Gasteiger partial charge in [0.25, 0.3) is 0 Å². The van der Waals surface area contributed by atoms with Crippen molar-refractivity contribution in [1.29, 1.82) is 0 Å². The smallest absolute Gasteiger partial charge is 0.110 e. The van der Waals surface area contributed by atoms with Crippen molar-refractivity contribution in [2.45, 2.75) is 52.7 Å². The number of nitrogens with zero attached hydrogens (tertiary/aromatic N) is 3. The van der Waals surface area contributed by atoms with Gasteiger partial charge in [0, 0.05) is 25.0 Å². The SMILES string of the molecule is CCN(CC)Cc1nc(C2(O)CCN(CC(C)C)CC2)cs1. The summed E-state index contributed by atoms with van der Waals surface area (Å²) in [4.78, 5) is 9.56. The Kier molecular flexibility index (Phi) is 6.38. The van der Waals surface area contributed by atoms with Crippen LogP contribution in [0.2, 0.25) is 0 Å². The van der Waals surface area contributed by atoms with Crippen molar-refractivity contribution in [2.75, 3.05) is 32.7 Å². The zero-order valence-electron chi connectivity index (χ0n) is 14.5. The van der Waals surface area contributed by atoms with E-state index in [2.05, 4.69) is 42.9 Å². The molecule has 0 spiro atoms. The molecule has 0 unspecified atom stereocenters. The van der Waals surface area contributed by atoms with Gasteiger partial charge in [0.15, 0.2) is 0 Å². The average molecular weight is 326 g/mol. The Hall–Kier alpha value is -0.490. The van der Waals surface area contributed by atoms with E-state index in [-0.39, 0.29) is 0 Å². The van der Waals surface area contributed by atoms with Crippen molar-refractivity contribution < 1.29 is 5.11 Å². The lowest BCUT2D eigenvalue weighted by Crippen LogP contribution is -2.44. The van der Waals surface area contributed by atoms with Crippen molar-refractivity contribution in [1.82, 2.24) is 14.8 Å². The van der Waals surface area contributed by atoms with Gasteiger partial charge in [0.2, 0.25) is 0 Å². The first-order chi connectivity index (χ1) is 10.5. The Morgan fingerprint density at radius 2 is 1.95 bits per heavy atom. The van der Waals surface area contributed by atoms with Crippen LogP contribution in [0.1, 0.15) is 51.2 Å². The summed E-state index contributed by atoms with van der Waals surface area (Å²) >= 11 is 1.69. The quantitative estimate of drug-likeness (QED) is 0.837. The molecule has 1 aliphatic heterocycles. The molecule has 0 radical (unpaired) electrons. The van der Waals surface area contributed by atoms with Crippen LogP contribution in [-0.2, 0) is 12.1 Å². The lowest BCUT2D eigenvalue weighted by molar-refractivity contribution is -0.0309. The number of hydrogen-bond donors (Lipinski definition) is 1. The molecule has 22 heavy (non-hydrogen) atoms. The molecule has 0 saturated carbocycles. The number of likely N-dealkylation sites (tertiary alicyclic amines) is 1. The van der Waals surface area contributed by atoms with Crippen LogP contribution in [0.3, 0.4) is 0 Å². The highest BCUT2D eigenvalue weighted by molar-refractivity contribution is 7.09. The number of hydrogen-bond acceptors (Lipinski definition) is 5. The largest absolute Gasteiger partial charge is 0.383 e. The van der Waals surface area contributed by atoms with E-state index in [1.165, 1.54) is 0 Å². The predicted octanol–water partition coefficient (Wildman–Crippen LogP) is 2.92. The van der Waals surface area contributed by atoms with Gasteiger partial charge < -0.3 is 10.0 Å². The van der Waals surface area contributed by atoms with Crippen molar-refractivity contribution in [3.8, 4) is 0 Å². The Balaban J connectivity index is 1.95. The van der Waals surface area contributed by atoms with Crippen LogP contribution in [0.15, 0.2) is 5.38 Å². The molecule has 0 bridgehead atoms. The van der Waals surface area contributed by atoms with Crippen LogP contribution in [0.5, 0.6) is 0 Å². The molecule has 0 amide bonds. The topological polar surface area (TPSA) is 39.6 Å². The number of piperidine rings is 1. The second kappa shape index (κ2) is 7.86. The van der Waals surface area contributed by atoms with Crippen molar-refractivity contribution in [2.24, 2.45) is 5.92 Å². The van der Waals surface area contributed by atoms with Crippen molar-refractivity contribution in [3.05, 3.63) is 16.1 Å². The van der Waals surface area contributed by atoms with Crippen LogP contribution in [0.25, 0.3) is 0 Å². The van der Waals surface area contributed by atoms with Crippen molar-refractivity contribution in [3.63, 3.8) is 0 Å². The minimum absolute atomic E-state index is 0.686. The molecule has 1 saturated heterocycles. The summed E-state index contributed by atoms with van der Waals surface area (Å²) in [5, 5.41) is 14.1. The molecular formula is C17H31N3OS. The Labute approximate surface area is 139 Å². The molecule has 0 aromatic carbocycles. The van der Waals surface area contributed by atoms with E-state index in [9.17, 15) is 5.11 Å². The highest BCUT2D eigenvalue weighted by atomic mass is 32.1. The standard InChI is InChI=1S/C17H31N3OS/c1-5-19(6-2)12-16-18-15(13-22-16)17(21)7-9-20(10-8-17)11-14(3)4/h13-14,21H,5-12H2,1-4H3. The molecule has 5 heteroatoms. The van der Waals surface area contributed by atoms with Crippen LogP contribution >= 0.6 is 11.3 Å². The van der Waals surface area contributed by atoms with Crippen LogP contribution in [-0.4, -0.2) is 52.6 Å². The Morgan fingerprint density at radius 1 is 1.32 bits per heavy atom. The maximum absolute atomic E-state index is 11.0. The lowest BCUT2D eigenvalue weighted by atomic mass is 9.88. The molecule has 1 aromatic heterocycles. The van der Waals surface area contributed by atoms with E-state index < -0.39 is 5.60 Å². The minimum Gasteiger partial charge on any atom is -0.383 e. The molecule has 2 heterocycles. The zero-order chi connectivity index (χ0) is 16.2. The maximum atomic E-state index is 11.0. The minimum atomic E-state index is -0.717. The van der Waals surface area contributed by atoms with Gasteiger partial charge in [-0.2, -0.15) is 0 Å². The molecule has 0 atom stereocenters. The van der Waals surface area contributed by atoms with Crippen LogP contribution < -0.4 is 0 Å². The summed E-state index contributed by atoms with van der Waals surface area (Å²) in [6.45, 7) is 14.9. The molecule has 1 aromatic rings. The van der Waals surface area contributed by atoms with Gasteiger partial charge in [-0.15, -0.1) is 11.3 Å². The molecule has 1 N–H and O–H groups in total. The normalized spacial score (nSPS) is 19.2. The third kappa shape index (κ3) is 4.51. The molecule has 1 fully saturated rings. The molecule has 1 aliphatic rings. The summed E-state index contributed by atoms with van der Waals surface area (Å²) in [5.74, 6) is 0.686. The summed E-state index contributed by atoms with van der Waals surface area (Å²) < 4.78 is 0. The molecule has 126 valence electrons. The average Bonchev–Trinajstić information content (AvgIpc) is 2.96. The van der Waals surface area contributed by atoms with E-state index >= 15 is 0 Å². The van der Waals surface area contributed by atoms with E-state index in [0.29, 0.717) is 5.92 Å². The second-order valence-corrected chi connectivity index (χ2v) is 7.76. The first-order valence-corrected chi connectivity index (χ1v) is 9.46. The Bertz CT molecular complexity index is 449. The summed E-state index contributed by atoms with van der Waals surface area (Å²) in [7, 11) is 0. The maximum Gasteiger partial charge on any atom is 0.110 e.